The van der Waals surface area contributed by atoms with Gasteiger partial charge in [-0.2, -0.15) is 0 Å². The van der Waals surface area contributed by atoms with Gasteiger partial charge in [0.25, 0.3) is 5.69 Å². The quantitative estimate of drug-likeness (QED) is 0.670. The van der Waals surface area contributed by atoms with Crippen LogP contribution in [0.25, 0.3) is 0 Å². The predicted octanol–water partition coefficient (Wildman–Crippen LogP) is 2.48. The molecule has 0 saturated carbocycles. The largest absolute Gasteiger partial charge is 0.380 e. The van der Waals surface area contributed by atoms with E-state index in [1.54, 1.807) is 6.07 Å². The molecule has 0 unspecified atom stereocenters. The van der Waals surface area contributed by atoms with Crippen LogP contribution in [0.5, 0.6) is 0 Å². The average molecular weight is 315 g/mol. The molecule has 0 amide bonds. The van der Waals surface area contributed by atoms with Gasteiger partial charge in [0.05, 0.1) is 18.1 Å². The number of hydrogen-bond donors (Lipinski definition) is 1. The molecule has 1 aliphatic heterocycles. The van der Waals surface area contributed by atoms with Gasteiger partial charge in [0, 0.05) is 35.1 Å². The maximum Gasteiger partial charge on any atom is 0.270 e. The molecule has 2 rings (SSSR count). The highest BCUT2D eigenvalue weighted by Crippen LogP contribution is 2.26. The first-order chi connectivity index (χ1) is 8.50. The number of nitro groups is 1. The average Bonchev–Trinajstić information content (AvgIpc) is 2.28. The molecule has 6 heteroatoms. The molecule has 1 aromatic rings. The molecule has 1 aromatic carbocycles. The minimum Gasteiger partial charge on any atom is -0.380 e. The Morgan fingerprint density at radius 3 is 2.78 bits per heavy atom. The van der Waals surface area contributed by atoms with E-state index in [2.05, 4.69) is 28.2 Å². The third-order valence-corrected chi connectivity index (χ3v) is 3.75. The van der Waals surface area contributed by atoms with Crippen LogP contribution in [-0.4, -0.2) is 24.7 Å². The van der Waals surface area contributed by atoms with Gasteiger partial charge < -0.3 is 10.1 Å². The summed E-state index contributed by atoms with van der Waals surface area (Å²) in [6.07, 6.45) is 0. The first-order valence-electron chi connectivity index (χ1n) is 5.71. The van der Waals surface area contributed by atoms with Crippen LogP contribution in [0.1, 0.15) is 12.5 Å². The van der Waals surface area contributed by atoms with Crippen LogP contribution in [0.15, 0.2) is 22.7 Å². The van der Waals surface area contributed by atoms with Gasteiger partial charge in [-0.1, -0.05) is 22.9 Å². The summed E-state index contributed by atoms with van der Waals surface area (Å²) in [4.78, 5) is 10.2. The minimum absolute atomic E-state index is 0.102. The summed E-state index contributed by atoms with van der Waals surface area (Å²) >= 11 is 3.36. The molecule has 1 aliphatic rings. The highest BCUT2D eigenvalue weighted by Gasteiger charge is 2.32. The topological polar surface area (TPSA) is 64.4 Å². The van der Waals surface area contributed by atoms with Crippen molar-refractivity contribution in [2.75, 3.05) is 19.8 Å². The molecule has 18 heavy (non-hydrogen) atoms. The van der Waals surface area contributed by atoms with E-state index >= 15 is 0 Å². The Labute approximate surface area is 114 Å². The molecule has 0 atom stereocenters. The van der Waals surface area contributed by atoms with Crippen molar-refractivity contribution in [2.24, 2.45) is 5.41 Å². The van der Waals surface area contributed by atoms with Crippen molar-refractivity contribution >= 4 is 21.6 Å². The number of ether oxygens (including phenoxy) is 1. The molecule has 98 valence electrons. The Hall–Kier alpha value is -0.980. The zero-order valence-corrected chi connectivity index (χ0v) is 11.7. The number of hydrogen-bond acceptors (Lipinski definition) is 4. The molecular weight excluding hydrogens is 300 g/mol. The van der Waals surface area contributed by atoms with Crippen LogP contribution in [0.4, 0.5) is 5.69 Å². The Morgan fingerprint density at radius 2 is 2.28 bits per heavy atom. The monoisotopic (exact) mass is 314 g/mol. The van der Waals surface area contributed by atoms with Crippen molar-refractivity contribution in [1.29, 1.82) is 0 Å². The molecule has 0 aromatic heterocycles. The Morgan fingerprint density at radius 1 is 1.56 bits per heavy atom. The lowest BCUT2D eigenvalue weighted by Gasteiger charge is -2.38. The van der Waals surface area contributed by atoms with E-state index in [9.17, 15) is 10.1 Å². The highest BCUT2D eigenvalue weighted by molar-refractivity contribution is 9.10. The predicted molar refractivity (Wildman–Crippen MR) is 71.4 cm³/mol. The fourth-order valence-corrected chi connectivity index (χ4v) is 2.35. The van der Waals surface area contributed by atoms with Gasteiger partial charge in [0.1, 0.15) is 0 Å². The van der Waals surface area contributed by atoms with Crippen LogP contribution >= 0.6 is 15.9 Å². The van der Waals surface area contributed by atoms with E-state index in [0.29, 0.717) is 6.54 Å². The molecule has 0 spiro atoms. The van der Waals surface area contributed by atoms with Gasteiger partial charge in [-0.25, -0.2) is 0 Å². The zero-order valence-electron chi connectivity index (χ0n) is 10.1. The van der Waals surface area contributed by atoms with E-state index in [1.807, 2.05) is 0 Å². The maximum atomic E-state index is 10.6. The van der Waals surface area contributed by atoms with Crippen molar-refractivity contribution in [2.45, 2.75) is 13.5 Å². The summed E-state index contributed by atoms with van der Waals surface area (Å²) in [6, 6.07) is 4.83. The molecule has 5 nitrogen and oxygen atoms in total. The smallest absolute Gasteiger partial charge is 0.270 e. The van der Waals surface area contributed by atoms with Gasteiger partial charge in [0.15, 0.2) is 0 Å². The second-order valence-corrected chi connectivity index (χ2v) is 5.79. The normalized spacial score (nSPS) is 17.2. The molecular formula is C12H15BrN2O3. The Kier molecular flexibility index (Phi) is 3.99. The van der Waals surface area contributed by atoms with Gasteiger partial charge in [0.2, 0.25) is 0 Å². The van der Waals surface area contributed by atoms with Crippen LogP contribution in [0, 0.1) is 15.5 Å². The minimum atomic E-state index is -0.394. The zero-order chi connectivity index (χ0) is 13.2. The summed E-state index contributed by atoms with van der Waals surface area (Å²) < 4.78 is 5.95. The lowest BCUT2D eigenvalue weighted by molar-refractivity contribution is -0.384. The lowest BCUT2D eigenvalue weighted by atomic mass is 9.89. The van der Waals surface area contributed by atoms with E-state index < -0.39 is 4.92 Å². The van der Waals surface area contributed by atoms with Gasteiger partial charge >= 0.3 is 0 Å². The van der Waals surface area contributed by atoms with Gasteiger partial charge in [-0.3, -0.25) is 10.1 Å². The summed E-state index contributed by atoms with van der Waals surface area (Å²) in [6.45, 7) is 5.34. The first kappa shape index (κ1) is 13.5. The number of nitrogens with one attached hydrogen (secondary N) is 1. The second kappa shape index (κ2) is 5.34. The summed E-state index contributed by atoms with van der Waals surface area (Å²) in [5.41, 5.74) is 1.35. The van der Waals surface area contributed by atoms with E-state index in [-0.39, 0.29) is 11.1 Å². The van der Waals surface area contributed by atoms with Gasteiger partial charge in [-0.15, -0.1) is 0 Å². The number of nitrogens with zero attached hydrogens (tertiary/aromatic N) is 1. The van der Waals surface area contributed by atoms with Crippen LogP contribution < -0.4 is 5.32 Å². The number of benzene rings is 1. The Balaban J connectivity index is 1.91. The summed E-state index contributed by atoms with van der Waals surface area (Å²) in [5.74, 6) is 0. The van der Waals surface area contributed by atoms with Crippen LogP contribution in [-0.2, 0) is 11.3 Å². The maximum absolute atomic E-state index is 10.6. The van der Waals surface area contributed by atoms with Crippen molar-refractivity contribution in [3.05, 3.63) is 38.3 Å². The molecule has 1 N–H and O–H groups in total. The molecule has 1 heterocycles. The number of non-ortho nitro benzene ring substituents is 1. The van der Waals surface area contributed by atoms with E-state index in [1.165, 1.54) is 12.1 Å². The summed E-state index contributed by atoms with van der Waals surface area (Å²) in [7, 11) is 0. The van der Waals surface area contributed by atoms with Gasteiger partial charge in [-0.05, 0) is 11.6 Å². The van der Waals surface area contributed by atoms with Crippen LogP contribution in [0.2, 0.25) is 0 Å². The fourth-order valence-electron chi connectivity index (χ4n) is 1.84. The van der Waals surface area contributed by atoms with Crippen LogP contribution in [0.3, 0.4) is 0 Å². The molecule has 0 aliphatic carbocycles. The number of rotatable bonds is 5. The number of nitro benzene ring substituents is 1. The lowest BCUT2D eigenvalue weighted by Crippen LogP contribution is -2.47. The third-order valence-electron chi connectivity index (χ3n) is 3.02. The van der Waals surface area contributed by atoms with E-state index in [0.717, 1.165) is 29.8 Å². The SMILES string of the molecule is CC1(CNCc2ccc([N+](=O)[O-])cc2Br)COC1. The van der Waals surface area contributed by atoms with Crippen molar-refractivity contribution < 1.29 is 9.66 Å². The second-order valence-electron chi connectivity index (χ2n) is 4.94. The first-order valence-corrected chi connectivity index (χ1v) is 6.51. The highest BCUT2D eigenvalue weighted by atomic mass is 79.9. The van der Waals surface area contributed by atoms with Crippen molar-refractivity contribution in [3.8, 4) is 0 Å². The molecule has 1 fully saturated rings. The third kappa shape index (κ3) is 3.07. The molecule has 0 radical (unpaired) electrons. The summed E-state index contributed by atoms with van der Waals surface area (Å²) in [5, 5.41) is 14.0. The van der Waals surface area contributed by atoms with Crippen molar-refractivity contribution in [1.82, 2.24) is 5.32 Å². The van der Waals surface area contributed by atoms with Crippen molar-refractivity contribution in [3.63, 3.8) is 0 Å². The number of halogens is 1. The van der Waals surface area contributed by atoms with E-state index in [4.69, 9.17) is 4.74 Å². The Bertz CT molecular complexity index is 461. The standard InChI is InChI=1S/C12H15BrN2O3/c1-12(7-18-8-12)6-14-5-9-2-3-10(15(16)17)4-11(9)13/h2-4,14H,5-8H2,1H3. The fraction of sp³-hybridized carbons (Fsp3) is 0.500. The molecule has 1 saturated heterocycles. The molecule has 0 bridgehead atoms.